The number of halogens is 1. The standard InChI is InChI=1S/C15H23ClN2/c16-12-15(8-4-9-15)11-13-7-10-18(17-13)14-5-2-1-3-6-14/h7,10,14H,1-6,8-9,11-12H2. The van der Waals surface area contributed by atoms with Crippen molar-refractivity contribution in [2.75, 3.05) is 5.88 Å². The van der Waals surface area contributed by atoms with E-state index in [0.29, 0.717) is 11.5 Å². The highest BCUT2D eigenvalue weighted by molar-refractivity contribution is 6.18. The Morgan fingerprint density at radius 1 is 1.22 bits per heavy atom. The molecule has 2 fully saturated rings. The first kappa shape index (κ1) is 12.5. The van der Waals surface area contributed by atoms with Gasteiger partial charge in [0.25, 0.3) is 0 Å². The molecular weight excluding hydrogens is 244 g/mol. The summed E-state index contributed by atoms with van der Waals surface area (Å²) in [7, 11) is 0. The lowest BCUT2D eigenvalue weighted by atomic mass is 9.67. The molecule has 2 aliphatic rings. The summed E-state index contributed by atoms with van der Waals surface area (Å²) in [6.45, 7) is 0. The Bertz CT molecular complexity index is 383. The fourth-order valence-electron chi connectivity index (χ4n) is 3.44. The highest BCUT2D eigenvalue weighted by Crippen LogP contribution is 2.44. The Balaban J connectivity index is 1.65. The molecule has 100 valence electrons. The van der Waals surface area contributed by atoms with Gasteiger partial charge in [0.1, 0.15) is 0 Å². The van der Waals surface area contributed by atoms with E-state index >= 15 is 0 Å². The second-order valence-electron chi connectivity index (χ2n) is 6.24. The van der Waals surface area contributed by atoms with Gasteiger partial charge in [-0.25, -0.2) is 0 Å². The van der Waals surface area contributed by atoms with Crippen molar-refractivity contribution in [3.05, 3.63) is 18.0 Å². The molecule has 0 aliphatic heterocycles. The summed E-state index contributed by atoms with van der Waals surface area (Å²) in [6, 6.07) is 2.86. The van der Waals surface area contributed by atoms with E-state index in [-0.39, 0.29) is 0 Å². The molecule has 2 aliphatic carbocycles. The zero-order valence-electron chi connectivity index (χ0n) is 11.1. The van der Waals surface area contributed by atoms with Gasteiger partial charge in [0, 0.05) is 12.1 Å². The Kier molecular flexibility index (Phi) is 3.65. The highest BCUT2D eigenvalue weighted by atomic mass is 35.5. The fraction of sp³-hybridized carbons (Fsp3) is 0.800. The van der Waals surface area contributed by atoms with Gasteiger partial charge in [-0.3, -0.25) is 4.68 Å². The SMILES string of the molecule is ClCC1(Cc2ccn(C3CCCCC3)n2)CCC1. The van der Waals surface area contributed by atoms with E-state index < -0.39 is 0 Å². The fourth-order valence-corrected chi connectivity index (χ4v) is 3.80. The molecule has 0 radical (unpaired) electrons. The molecule has 0 saturated heterocycles. The topological polar surface area (TPSA) is 17.8 Å². The van der Waals surface area contributed by atoms with Crippen LogP contribution in [0.1, 0.15) is 63.1 Å². The number of hydrogen-bond acceptors (Lipinski definition) is 1. The summed E-state index contributed by atoms with van der Waals surface area (Å²) in [5.41, 5.74) is 1.62. The van der Waals surface area contributed by atoms with Gasteiger partial charge in [0.2, 0.25) is 0 Å². The van der Waals surface area contributed by atoms with Gasteiger partial charge in [-0.05, 0) is 43.6 Å². The van der Waals surface area contributed by atoms with E-state index in [1.54, 1.807) is 0 Å². The van der Waals surface area contributed by atoms with Crippen LogP contribution in [-0.4, -0.2) is 15.7 Å². The van der Waals surface area contributed by atoms with Crippen LogP contribution in [0.2, 0.25) is 0 Å². The maximum absolute atomic E-state index is 6.13. The minimum atomic E-state index is 0.368. The Morgan fingerprint density at radius 2 is 2.00 bits per heavy atom. The van der Waals surface area contributed by atoms with Crippen LogP contribution < -0.4 is 0 Å². The third kappa shape index (κ3) is 2.45. The minimum absolute atomic E-state index is 0.368. The molecule has 0 atom stereocenters. The quantitative estimate of drug-likeness (QED) is 0.742. The van der Waals surface area contributed by atoms with Gasteiger partial charge in [0.15, 0.2) is 0 Å². The molecule has 2 nitrogen and oxygen atoms in total. The molecule has 0 N–H and O–H groups in total. The van der Waals surface area contributed by atoms with E-state index in [4.69, 9.17) is 16.7 Å². The van der Waals surface area contributed by atoms with E-state index in [0.717, 1.165) is 12.3 Å². The summed E-state index contributed by atoms with van der Waals surface area (Å²) < 4.78 is 2.22. The lowest BCUT2D eigenvalue weighted by Crippen LogP contribution is -2.33. The molecule has 0 bridgehead atoms. The van der Waals surface area contributed by atoms with Crippen molar-refractivity contribution in [3.8, 4) is 0 Å². The molecule has 1 heterocycles. The molecule has 2 saturated carbocycles. The van der Waals surface area contributed by atoms with Crippen LogP contribution >= 0.6 is 11.6 Å². The third-order valence-corrected chi connectivity index (χ3v) is 5.43. The van der Waals surface area contributed by atoms with E-state index in [1.807, 2.05) is 0 Å². The van der Waals surface area contributed by atoms with Gasteiger partial charge in [-0.15, -0.1) is 11.6 Å². The predicted molar refractivity (Wildman–Crippen MR) is 75.1 cm³/mol. The minimum Gasteiger partial charge on any atom is -0.269 e. The lowest BCUT2D eigenvalue weighted by molar-refractivity contribution is 0.163. The van der Waals surface area contributed by atoms with Crippen LogP contribution in [0.3, 0.4) is 0 Å². The predicted octanol–water partition coefficient (Wildman–Crippen LogP) is 4.34. The summed E-state index contributed by atoms with van der Waals surface area (Å²) in [6.07, 6.45) is 13.9. The highest BCUT2D eigenvalue weighted by Gasteiger charge is 2.36. The van der Waals surface area contributed by atoms with E-state index in [9.17, 15) is 0 Å². The summed E-state index contributed by atoms with van der Waals surface area (Å²) in [5, 5.41) is 4.81. The van der Waals surface area contributed by atoms with E-state index in [2.05, 4.69) is 16.9 Å². The van der Waals surface area contributed by atoms with Gasteiger partial charge in [0.05, 0.1) is 11.7 Å². The van der Waals surface area contributed by atoms with Crippen molar-refractivity contribution >= 4 is 11.6 Å². The summed E-state index contributed by atoms with van der Waals surface area (Å²) in [4.78, 5) is 0. The van der Waals surface area contributed by atoms with Gasteiger partial charge in [-0.1, -0.05) is 25.7 Å². The van der Waals surface area contributed by atoms with Crippen LogP contribution in [0.4, 0.5) is 0 Å². The number of nitrogens with zero attached hydrogens (tertiary/aromatic N) is 2. The Morgan fingerprint density at radius 3 is 2.61 bits per heavy atom. The van der Waals surface area contributed by atoms with E-state index in [1.165, 1.54) is 57.1 Å². The van der Waals surface area contributed by atoms with Crippen molar-refractivity contribution in [2.24, 2.45) is 5.41 Å². The molecule has 0 aromatic carbocycles. The first-order valence-corrected chi connectivity index (χ1v) is 7.95. The second kappa shape index (κ2) is 5.24. The van der Waals surface area contributed by atoms with Crippen LogP contribution in [0.15, 0.2) is 12.3 Å². The second-order valence-corrected chi connectivity index (χ2v) is 6.51. The zero-order valence-corrected chi connectivity index (χ0v) is 11.8. The number of aromatic nitrogens is 2. The third-order valence-electron chi connectivity index (χ3n) is 4.87. The molecule has 0 spiro atoms. The summed E-state index contributed by atoms with van der Waals surface area (Å²) >= 11 is 6.13. The monoisotopic (exact) mass is 266 g/mol. The largest absolute Gasteiger partial charge is 0.269 e. The first-order chi connectivity index (χ1) is 8.81. The van der Waals surface area contributed by atoms with Crippen molar-refractivity contribution in [1.29, 1.82) is 0 Å². The zero-order chi connectivity index (χ0) is 12.4. The molecule has 3 heteroatoms. The van der Waals surface area contributed by atoms with Crippen molar-refractivity contribution in [2.45, 2.75) is 63.8 Å². The van der Waals surface area contributed by atoms with Crippen LogP contribution in [0.25, 0.3) is 0 Å². The number of rotatable bonds is 4. The van der Waals surface area contributed by atoms with Gasteiger partial charge >= 0.3 is 0 Å². The normalized spacial score (nSPS) is 23.8. The number of hydrogen-bond donors (Lipinski definition) is 0. The number of alkyl halides is 1. The maximum Gasteiger partial charge on any atom is 0.0630 e. The maximum atomic E-state index is 6.13. The molecular formula is C15H23ClN2. The Labute approximate surface area is 115 Å². The average molecular weight is 267 g/mol. The molecule has 0 amide bonds. The smallest absolute Gasteiger partial charge is 0.0630 e. The van der Waals surface area contributed by atoms with Crippen LogP contribution in [0.5, 0.6) is 0 Å². The molecule has 1 aromatic rings. The Hall–Kier alpha value is -0.500. The molecule has 1 aromatic heterocycles. The lowest BCUT2D eigenvalue weighted by Gasteiger charge is -2.39. The van der Waals surface area contributed by atoms with Crippen molar-refractivity contribution < 1.29 is 0 Å². The molecule has 18 heavy (non-hydrogen) atoms. The van der Waals surface area contributed by atoms with Crippen LogP contribution in [0, 0.1) is 5.41 Å². The van der Waals surface area contributed by atoms with Gasteiger partial charge in [-0.2, -0.15) is 5.10 Å². The molecule has 3 rings (SSSR count). The average Bonchev–Trinajstić information content (AvgIpc) is 2.83. The molecule has 0 unspecified atom stereocenters. The van der Waals surface area contributed by atoms with Crippen molar-refractivity contribution in [3.63, 3.8) is 0 Å². The summed E-state index contributed by atoms with van der Waals surface area (Å²) in [5.74, 6) is 0.795. The van der Waals surface area contributed by atoms with Crippen molar-refractivity contribution in [1.82, 2.24) is 9.78 Å². The first-order valence-electron chi connectivity index (χ1n) is 7.41. The van der Waals surface area contributed by atoms with Crippen LogP contribution in [-0.2, 0) is 6.42 Å². The van der Waals surface area contributed by atoms with Gasteiger partial charge < -0.3 is 0 Å².